The number of alkyl halides is 3. The van der Waals surface area contributed by atoms with E-state index in [1.807, 2.05) is 0 Å². The number of aryl methyl sites for hydroxylation is 1. The fourth-order valence-electron chi connectivity index (χ4n) is 1.95. The Morgan fingerprint density at radius 3 is 2.64 bits per heavy atom. The molecule has 0 bridgehead atoms. The number of rotatable bonds is 5. The Morgan fingerprint density at radius 2 is 2.00 bits per heavy atom. The van der Waals surface area contributed by atoms with Crippen LogP contribution in [0.5, 0.6) is 0 Å². The molecule has 1 unspecified atom stereocenters. The molecule has 0 aliphatic heterocycles. The van der Waals surface area contributed by atoms with Gasteiger partial charge < -0.3 is 15.0 Å². The van der Waals surface area contributed by atoms with Gasteiger partial charge in [0.15, 0.2) is 0 Å². The molecule has 1 atom stereocenters. The summed E-state index contributed by atoms with van der Waals surface area (Å²) in [4.78, 5) is 25.9. The first-order chi connectivity index (χ1) is 10.3. The molecule has 118 valence electrons. The van der Waals surface area contributed by atoms with E-state index in [1.165, 1.54) is 11.6 Å². The van der Waals surface area contributed by atoms with Gasteiger partial charge in [0.1, 0.15) is 6.04 Å². The maximum atomic E-state index is 12.2. The molecule has 0 spiro atoms. The third kappa shape index (κ3) is 3.54. The van der Waals surface area contributed by atoms with Crippen molar-refractivity contribution in [2.45, 2.75) is 25.2 Å². The number of carboxylic acids is 1. The Kier molecular flexibility index (Phi) is 4.34. The molecule has 1 heterocycles. The van der Waals surface area contributed by atoms with Gasteiger partial charge in [-0.25, -0.2) is 9.78 Å². The maximum absolute atomic E-state index is 12.2. The van der Waals surface area contributed by atoms with E-state index in [0.29, 0.717) is 5.52 Å². The Balaban J connectivity index is 2.06. The standard InChI is InChI=1S/C13H12F3N3O3/c14-13(15,16)12(22)18-9(11(20)21)5-6-19-7-17-8-3-1-2-4-10(8)19/h1-4,7,9H,5-6H2,(H,18,22)(H,20,21). The topological polar surface area (TPSA) is 84.2 Å². The van der Waals surface area contributed by atoms with Crippen LogP contribution in [0.15, 0.2) is 30.6 Å². The lowest BCUT2D eigenvalue weighted by molar-refractivity contribution is -0.175. The van der Waals surface area contributed by atoms with Gasteiger partial charge in [0.25, 0.3) is 0 Å². The van der Waals surface area contributed by atoms with E-state index in [4.69, 9.17) is 5.11 Å². The third-order valence-electron chi connectivity index (χ3n) is 3.05. The molecule has 9 heteroatoms. The average Bonchev–Trinajstić information content (AvgIpc) is 2.85. The van der Waals surface area contributed by atoms with E-state index in [1.54, 1.807) is 28.8 Å². The highest BCUT2D eigenvalue weighted by atomic mass is 19.4. The summed E-state index contributed by atoms with van der Waals surface area (Å²) in [6.45, 7) is 0.107. The van der Waals surface area contributed by atoms with Crippen molar-refractivity contribution < 1.29 is 27.9 Å². The summed E-state index contributed by atoms with van der Waals surface area (Å²) < 4.78 is 38.1. The number of halogens is 3. The minimum absolute atomic E-state index is 0.107. The number of nitrogens with zero attached hydrogens (tertiary/aromatic N) is 2. The smallest absolute Gasteiger partial charge is 0.471 e. The molecule has 0 fully saturated rings. The molecule has 0 saturated carbocycles. The fraction of sp³-hybridized carbons (Fsp3) is 0.308. The number of hydrogen-bond donors (Lipinski definition) is 2. The number of benzene rings is 1. The average molecular weight is 315 g/mol. The molecule has 1 amide bonds. The number of carboxylic acid groups (broad SMARTS) is 1. The highest BCUT2D eigenvalue weighted by molar-refractivity contribution is 5.86. The zero-order valence-corrected chi connectivity index (χ0v) is 11.2. The zero-order valence-electron chi connectivity index (χ0n) is 11.2. The summed E-state index contributed by atoms with van der Waals surface area (Å²) in [5, 5.41) is 10.4. The van der Waals surface area contributed by atoms with Crippen LogP contribution in [0, 0.1) is 0 Å². The summed E-state index contributed by atoms with van der Waals surface area (Å²) in [6, 6.07) is 5.43. The van der Waals surface area contributed by atoms with Crippen molar-refractivity contribution >= 4 is 22.9 Å². The lowest BCUT2D eigenvalue weighted by Gasteiger charge is -2.16. The van der Waals surface area contributed by atoms with Gasteiger partial charge in [-0.3, -0.25) is 4.79 Å². The number of hydrogen-bond acceptors (Lipinski definition) is 3. The van der Waals surface area contributed by atoms with Crippen LogP contribution in [0.2, 0.25) is 0 Å². The largest absolute Gasteiger partial charge is 0.480 e. The minimum atomic E-state index is -5.12. The van der Waals surface area contributed by atoms with Gasteiger partial charge in [0.2, 0.25) is 0 Å². The number of fused-ring (bicyclic) bond motifs is 1. The molecule has 0 aliphatic rings. The molecule has 1 aromatic heterocycles. The van der Waals surface area contributed by atoms with E-state index >= 15 is 0 Å². The number of imidazole rings is 1. The van der Waals surface area contributed by atoms with Crippen molar-refractivity contribution in [3.05, 3.63) is 30.6 Å². The summed E-state index contributed by atoms with van der Waals surface area (Å²) in [5.74, 6) is -3.79. The molecule has 0 radical (unpaired) electrons. The monoisotopic (exact) mass is 315 g/mol. The quantitative estimate of drug-likeness (QED) is 0.877. The van der Waals surface area contributed by atoms with Gasteiger partial charge >= 0.3 is 18.1 Å². The molecule has 2 aromatic rings. The van der Waals surface area contributed by atoms with Crippen LogP contribution < -0.4 is 5.32 Å². The van der Waals surface area contributed by atoms with Gasteiger partial charge in [-0.2, -0.15) is 13.2 Å². The van der Waals surface area contributed by atoms with Crippen molar-refractivity contribution in [2.75, 3.05) is 0 Å². The van der Waals surface area contributed by atoms with Crippen LogP contribution in [0.1, 0.15) is 6.42 Å². The highest BCUT2D eigenvalue weighted by Crippen LogP contribution is 2.16. The molecular formula is C13H12F3N3O3. The number of para-hydroxylation sites is 2. The molecule has 2 N–H and O–H groups in total. The molecule has 0 aliphatic carbocycles. The second-order valence-corrected chi connectivity index (χ2v) is 4.58. The SMILES string of the molecule is O=C(O)C(CCn1cnc2ccccc21)NC(=O)C(F)(F)F. The van der Waals surface area contributed by atoms with Crippen molar-refractivity contribution in [3.63, 3.8) is 0 Å². The zero-order chi connectivity index (χ0) is 16.3. The second kappa shape index (κ2) is 6.04. The van der Waals surface area contributed by atoms with Crippen LogP contribution in [0.4, 0.5) is 13.2 Å². The van der Waals surface area contributed by atoms with Crippen molar-refractivity contribution in [3.8, 4) is 0 Å². The molecule has 22 heavy (non-hydrogen) atoms. The summed E-state index contributed by atoms with van der Waals surface area (Å²) in [6.07, 6.45) is -3.85. The summed E-state index contributed by atoms with van der Waals surface area (Å²) in [7, 11) is 0. The Hall–Kier alpha value is -2.58. The molecule has 1 aromatic carbocycles. The van der Waals surface area contributed by atoms with Gasteiger partial charge in [-0.1, -0.05) is 12.1 Å². The van der Waals surface area contributed by atoms with E-state index < -0.39 is 24.1 Å². The second-order valence-electron chi connectivity index (χ2n) is 4.58. The van der Waals surface area contributed by atoms with Crippen LogP contribution in [-0.2, 0) is 16.1 Å². The third-order valence-corrected chi connectivity index (χ3v) is 3.05. The van der Waals surface area contributed by atoms with Crippen LogP contribution in [-0.4, -0.2) is 38.8 Å². The highest BCUT2D eigenvalue weighted by Gasteiger charge is 2.40. The van der Waals surface area contributed by atoms with Crippen LogP contribution >= 0.6 is 0 Å². The van der Waals surface area contributed by atoms with E-state index in [2.05, 4.69) is 4.98 Å². The first-order valence-electron chi connectivity index (χ1n) is 6.29. The molecular weight excluding hydrogens is 303 g/mol. The Labute approximate surface area is 122 Å². The fourth-order valence-corrected chi connectivity index (χ4v) is 1.95. The van der Waals surface area contributed by atoms with Crippen molar-refractivity contribution in [2.24, 2.45) is 0 Å². The first kappa shape index (κ1) is 15.8. The van der Waals surface area contributed by atoms with E-state index in [0.717, 1.165) is 5.52 Å². The molecule has 0 saturated heterocycles. The minimum Gasteiger partial charge on any atom is -0.480 e. The summed E-state index contributed by atoms with van der Waals surface area (Å²) in [5.41, 5.74) is 1.42. The Morgan fingerprint density at radius 1 is 1.32 bits per heavy atom. The molecule has 2 rings (SSSR count). The lowest BCUT2D eigenvalue weighted by atomic mass is 10.2. The van der Waals surface area contributed by atoms with E-state index in [-0.39, 0.29) is 13.0 Å². The van der Waals surface area contributed by atoms with Crippen LogP contribution in [0.25, 0.3) is 11.0 Å². The predicted octanol–water partition coefficient (Wildman–Crippen LogP) is 1.56. The van der Waals surface area contributed by atoms with Crippen LogP contribution in [0.3, 0.4) is 0 Å². The number of aliphatic carboxylic acids is 1. The number of carbonyl (C=O) groups is 2. The summed E-state index contributed by atoms with van der Waals surface area (Å²) >= 11 is 0. The molecule has 6 nitrogen and oxygen atoms in total. The van der Waals surface area contributed by atoms with Crippen molar-refractivity contribution in [1.29, 1.82) is 0 Å². The van der Waals surface area contributed by atoms with Gasteiger partial charge in [-0.15, -0.1) is 0 Å². The van der Waals surface area contributed by atoms with Crippen molar-refractivity contribution in [1.82, 2.24) is 14.9 Å². The number of carbonyl (C=O) groups excluding carboxylic acids is 1. The lowest BCUT2D eigenvalue weighted by Crippen LogP contribution is -2.47. The van der Waals surface area contributed by atoms with Gasteiger partial charge in [-0.05, 0) is 18.6 Å². The normalized spacial score (nSPS) is 13.0. The Bertz CT molecular complexity index is 696. The number of aromatic nitrogens is 2. The van der Waals surface area contributed by atoms with E-state index in [9.17, 15) is 22.8 Å². The number of amides is 1. The maximum Gasteiger partial charge on any atom is 0.471 e. The van der Waals surface area contributed by atoms with Gasteiger partial charge in [0.05, 0.1) is 17.4 Å². The first-order valence-corrected chi connectivity index (χ1v) is 6.29. The predicted molar refractivity (Wildman–Crippen MR) is 70.0 cm³/mol. The van der Waals surface area contributed by atoms with Gasteiger partial charge in [0, 0.05) is 6.54 Å². The number of nitrogens with one attached hydrogen (secondary N) is 1.